The minimum atomic E-state index is -0.238. The molecule has 2 amide bonds. The lowest BCUT2D eigenvalue weighted by atomic mass is 10.1. The molecule has 1 aromatic carbocycles. The highest BCUT2D eigenvalue weighted by molar-refractivity contribution is 7.20. The van der Waals surface area contributed by atoms with Gasteiger partial charge in [0.1, 0.15) is 11.4 Å². The monoisotopic (exact) mass is 468 g/mol. The summed E-state index contributed by atoms with van der Waals surface area (Å²) >= 11 is 1.29. The third kappa shape index (κ3) is 4.99. The minimum Gasteiger partial charge on any atom is -0.480 e. The Morgan fingerprint density at radius 3 is 2.39 bits per heavy atom. The Kier molecular flexibility index (Phi) is 7.20. The normalized spacial score (nSPS) is 14.2. The van der Waals surface area contributed by atoms with Crippen molar-refractivity contribution in [1.29, 1.82) is 0 Å². The summed E-state index contributed by atoms with van der Waals surface area (Å²) in [5.41, 5.74) is 2.03. The van der Waals surface area contributed by atoms with Gasteiger partial charge in [-0.2, -0.15) is 4.98 Å². The summed E-state index contributed by atoms with van der Waals surface area (Å²) in [5.74, 6) is 0.737. The Bertz CT molecular complexity index is 1150. The molecule has 0 unspecified atom stereocenters. The third-order valence-electron chi connectivity index (χ3n) is 5.76. The SMILES string of the molecule is COCc1nc(OC)c2c(C)c(C(=O)Nc3ccc(C(=O)N4CCCCCC4)cc3)sc2n1. The molecule has 1 aliphatic rings. The molecule has 0 spiro atoms. The van der Waals surface area contributed by atoms with Gasteiger partial charge in [0, 0.05) is 31.5 Å². The number of aromatic nitrogens is 2. The number of carbonyl (C=O) groups is 2. The van der Waals surface area contributed by atoms with E-state index in [-0.39, 0.29) is 18.4 Å². The van der Waals surface area contributed by atoms with Gasteiger partial charge in [-0.25, -0.2) is 4.98 Å². The van der Waals surface area contributed by atoms with Gasteiger partial charge in [-0.3, -0.25) is 9.59 Å². The van der Waals surface area contributed by atoms with Crippen LogP contribution in [0.5, 0.6) is 5.88 Å². The summed E-state index contributed by atoms with van der Waals surface area (Å²) in [4.78, 5) is 37.8. The lowest BCUT2D eigenvalue weighted by molar-refractivity contribution is 0.0761. The fraction of sp³-hybridized carbons (Fsp3) is 0.417. The minimum absolute atomic E-state index is 0.0488. The average Bonchev–Trinajstić information content (AvgIpc) is 2.99. The number of methoxy groups -OCH3 is 2. The predicted octanol–water partition coefficient (Wildman–Crippen LogP) is 4.42. The molecule has 0 saturated carbocycles. The highest BCUT2D eigenvalue weighted by Gasteiger charge is 2.22. The van der Waals surface area contributed by atoms with Crippen molar-refractivity contribution >= 4 is 39.1 Å². The number of nitrogens with zero attached hydrogens (tertiary/aromatic N) is 3. The Labute approximate surface area is 196 Å². The van der Waals surface area contributed by atoms with Gasteiger partial charge in [0.25, 0.3) is 11.8 Å². The molecule has 1 saturated heterocycles. The summed E-state index contributed by atoms with van der Waals surface area (Å²) in [6, 6.07) is 7.07. The van der Waals surface area contributed by atoms with Crippen LogP contribution in [0.2, 0.25) is 0 Å². The quantitative estimate of drug-likeness (QED) is 0.575. The van der Waals surface area contributed by atoms with Crippen molar-refractivity contribution in [2.45, 2.75) is 39.2 Å². The Morgan fingerprint density at radius 1 is 1.06 bits per heavy atom. The number of thiophene rings is 1. The average molecular weight is 469 g/mol. The molecule has 174 valence electrons. The van der Waals surface area contributed by atoms with E-state index in [0.717, 1.165) is 36.9 Å². The Morgan fingerprint density at radius 2 is 1.76 bits per heavy atom. The lowest BCUT2D eigenvalue weighted by Crippen LogP contribution is -2.31. The van der Waals surface area contributed by atoms with Crippen molar-refractivity contribution in [2.24, 2.45) is 0 Å². The molecule has 2 aromatic heterocycles. The molecule has 8 nitrogen and oxygen atoms in total. The van der Waals surface area contributed by atoms with E-state index in [1.165, 1.54) is 24.2 Å². The van der Waals surface area contributed by atoms with E-state index in [4.69, 9.17) is 9.47 Å². The van der Waals surface area contributed by atoms with Crippen LogP contribution < -0.4 is 10.1 Å². The third-order valence-corrected chi connectivity index (χ3v) is 6.94. The predicted molar refractivity (Wildman–Crippen MR) is 128 cm³/mol. The van der Waals surface area contributed by atoms with Gasteiger partial charge < -0.3 is 19.7 Å². The summed E-state index contributed by atoms with van der Waals surface area (Å²) in [6.07, 6.45) is 4.46. The van der Waals surface area contributed by atoms with Gasteiger partial charge in [0.05, 0.1) is 17.4 Å². The van der Waals surface area contributed by atoms with Crippen LogP contribution in [0.1, 0.15) is 57.1 Å². The number of nitrogens with one attached hydrogen (secondary N) is 1. The van der Waals surface area contributed by atoms with Crippen LogP contribution in [0.15, 0.2) is 24.3 Å². The van der Waals surface area contributed by atoms with Gasteiger partial charge in [0.15, 0.2) is 5.82 Å². The molecule has 0 aliphatic carbocycles. The van der Waals surface area contributed by atoms with E-state index < -0.39 is 0 Å². The first-order valence-electron chi connectivity index (χ1n) is 11.1. The number of ether oxygens (including phenoxy) is 2. The number of rotatable bonds is 6. The Balaban J connectivity index is 1.52. The van der Waals surface area contributed by atoms with Crippen LogP contribution in [-0.4, -0.2) is 54.0 Å². The van der Waals surface area contributed by atoms with Crippen LogP contribution in [0.3, 0.4) is 0 Å². The fourth-order valence-electron chi connectivity index (χ4n) is 4.04. The van der Waals surface area contributed by atoms with Crippen LogP contribution >= 0.6 is 11.3 Å². The molecule has 0 atom stereocenters. The van der Waals surface area contributed by atoms with Crippen LogP contribution in [0.25, 0.3) is 10.2 Å². The van der Waals surface area contributed by atoms with Gasteiger partial charge >= 0.3 is 0 Å². The van der Waals surface area contributed by atoms with Gasteiger partial charge in [-0.15, -0.1) is 11.3 Å². The number of hydrogen-bond acceptors (Lipinski definition) is 7. The maximum atomic E-state index is 13.0. The summed E-state index contributed by atoms with van der Waals surface area (Å²) in [6.45, 7) is 3.73. The van der Waals surface area contributed by atoms with Crippen LogP contribution in [0.4, 0.5) is 5.69 Å². The number of benzene rings is 1. The first-order chi connectivity index (χ1) is 16.0. The maximum absolute atomic E-state index is 13.0. The molecule has 1 fully saturated rings. The van der Waals surface area contributed by atoms with E-state index in [0.29, 0.717) is 32.7 Å². The number of likely N-dealkylation sites (tertiary alicyclic amines) is 1. The van der Waals surface area contributed by atoms with Gasteiger partial charge in [-0.05, 0) is 49.6 Å². The zero-order valence-electron chi connectivity index (χ0n) is 19.1. The number of hydrogen-bond donors (Lipinski definition) is 1. The van der Waals surface area contributed by atoms with Gasteiger partial charge in [0.2, 0.25) is 5.88 Å². The second-order valence-electron chi connectivity index (χ2n) is 8.06. The molecule has 9 heteroatoms. The van der Waals surface area contributed by atoms with E-state index in [2.05, 4.69) is 15.3 Å². The highest BCUT2D eigenvalue weighted by Crippen LogP contribution is 2.35. The van der Waals surface area contributed by atoms with Crippen LogP contribution in [-0.2, 0) is 11.3 Å². The zero-order valence-corrected chi connectivity index (χ0v) is 20.0. The molecule has 1 aliphatic heterocycles. The molecule has 4 rings (SSSR count). The highest BCUT2D eigenvalue weighted by atomic mass is 32.1. The van der Waals surface area contributed by atoms with E-state index in [1.807, 2.05) is 11.8 Å². The number of anilines is 1. The number of aryl methyl sites for hydroxylation is 1. The zero-order chi connectivity index (χ0) is 23.4. The van der Waals surface area contributed by atoms with E-state index in [1.54, 1.807) is 38.5 Å². The number of amides is 2. The first kappa shape index (κ1) is 23.1. The largest absolute Gasteiger partial charge is 0.480 e. The summed E-state index contributed by atoms with van der Waals surface area (Å²) < 4.78 is 10.6. The van der Waals surface area contributed by atoms with Crippen molar-refractivity contribution in [2.75, 3.05) is 32.6 Å². The molecule has 3 aromatic rings. The number of fused-ring (bicyclic) bond motifs is 1. The van der Waals surface area contributed by atoms with Crippen LogP contribution in [0, 0.1) is 6.92 Å². The van der Waals surface area contributed by atoms with Crippen molar-refractivity contribution in [1.82, 2.24) is 14.9 Å². The lowest BCUT2D eigenvalue weighted by Gasteiger charge is -2.20. The molecule has 33 heavy (non-hydrogen) atoms. The van der Waals surface area contributed by atoms with Crippen molar-refractivity contribution in [3.63, 3.8) is 0 Å². The van der Waals surface area contributed by atoms with Crippen molar-refractivity contribution in [3.05, 3.63) is 46.1 Å². The molecular formula is C24H28N4O4S. The first-order valence-corrected chi connectivity index (χ1v) is 11.9. The Hall–Kier alpha value is -3.04. The molecule has 1 N–H and O–H groups in total. The molecule has 3 heterocycles. The van der Waals surface area contributed by atoms with Crippen molar-refractivity contribution < 1.29 is 19.1 Å². The standard InChI is InChI=1S/C24H28N4O4S/c1-15-19-22(32-3)26-18(14-31-2)27-23(19)33-20(15)21(29)25-17-10-8-16(9-11-17)24(30)28-12-6-4-5-7-13-28/h8-11H,4-7,12-14H2,1-3H3,(H,25,29). The molecule has 0 bridgehead atoms. The molecule has 0 radical (unpaired) electrons. The second-order valence-corrected chi connectivity index (χ2v) is 9.06. The topological polar surface area (TPSA) is 93.7 Å². The summed E-state index contributed by atoms with van der Waals surface area (Å²) in [5, 5.41) is 3.65. The van der Waals surface area contributed by atoms with E-state index >= 15 is 0 Å². The van der Waals surface area contributed by atoms with Crippen molar-refractivity contribution in [3.8, 4) is 5.88 Å². The number of carbonyl (C=O) groups excluding carboxylic acids is 2. The maximum Gasteiger partial charge on any atom is 0.266 e. The van der Waals surface area contributed by atoms with E-state index in [9.17, 15) is 9.59 Å². The van der Waals surface area contributed by atoms with Gasteiger partial charge in [-0.1, -0.05) is 12.8 Å². The summed E-state index contributed by atoms with van der Waals surface area (Å²) in [7, 11) is 3.12. The molecular weight excluding hydrogens is 440 g/mol. The second kappa shape index (κ2) is 10.3. The smallest absolute Gasteiger partial charge is 0.266 e. The fourth-order valence-corrected chi connectivity index (χ4v) is 5.13.